The topological polar surface area (TPSA) is 142 Å². The molecule has 1 aliphatic heterocycles. The lowest BCUT2D eigenvalue weighted by Crippen LogP contribution is -2.09. The Morgan fingerprint density at radius 3 is 1.85 bits per heavy atom. The molecule has 0 fully saturated rings. The van der Waals surface area contributed by atoms with Gasteiger partial charge in [0.25, 0.3) is 0 Å². The number of carbonyl (C=O) groups is 3. The number of urea groups is 1. The van der Waals surface area contributed by atoms with Gasteiger partial charge < -0.3 is 15.9 Å². The Kier molecular flexibility index (Phi) is 3.80. The summed E-state index contributed by atoms with van der Waals surface area (Å²) in [4.78, 5) is 34.6. The van der Waals surface area contributed by atoms with E-state index >= 15 is 0 Å². The highest BCUT2D eigenvalue weighted by molar-refractivity contribution is 6.35. The number of hydrogen-bond acceptors (Lipinski definition) is 4. The van der Waals surface area contributed by atoms with Crippen LogP contribution in [0.3, 0.4) is 0 Å². The number of nitrogens with zero attached hydrogens (tertiary/aromatic N) is 2. The summed E-state index contributed by atoms with van der Waals surface area (Å²) in [5.74, 6) is -3.46. The molecule has 0 bridgehead atoms. The SMILES string of the molecule is NC1=NC(=O)N=C1.O=C(O)C(=O)O. The van der Waals surface area contributed by atoms with Gasteiger partial charge in [0.05, 0.1) is 6.21 Å². The summed E-state index contributed by atoms with van der Waals surface area (Å²) in [7, 11) is 0. The van der Waals surface area contributed by atoms with Crippen molar-refractivity contribution in [2.24, 2.45) is 15.7 Å². The highest BCUT2D eigenvalue weighted by Gasteiger charge is 2.04. The largest absolute Gasteiger partial charge is 0.473 e. The van der Waals surface area contributed by atoms with Crippen molar-refractivity contribution in [2.45, 2.75) is 0 Å². The second-order valence-electron chi connectivity index (χ2n) is 1.69. The molecule has 2 amide bonds. The lowest BCUT2D eigenvalue weighted by Gasteiger charge is -1.72. The van der Waals surface area contributed by atoms with E-state index in [0.717, 1.165) is 0 Å². The summed E-state index contributed by atoms with van der Waals surface area (Å²) >= 11 is 0. The predicted octanol–water partition coefficient (Wildman–Crippen LogP) is -1.30. The summed E-state index contributed by atoms with van der Waals surface area (Å²) in [5, 5.41) is 14.8. The normalized spacial score (nSPS) is 12.9. The van der Waals surface area contributed by atoms with Crippen LogP contribution in [0, 0.1) is 0 Å². The van der Waals surface area contributed by atoms with Gasteiger partial charge >= 0.3 is 18.0 Å². The van der Waals surface area contributed by atoms with Crippen LogP contribution in [0.4, 0.5) is 4.79 Å². The first-order valence-corrected chi connectivity index (χ1v) is 2.82. The van der Waals surface area contributed by atoms with Crippen molar-refractivity contribution in [1.82, 2.24) is 0 Å². The van der Waals surface area contributed by atoms with Gasteiger partial charge in [-0.2, -0.15) is 9.98 Å². The number of carbonyl (C=O) groups excluding carboxylic acids is 1. The minimum atomic E-state index is -1.82. The summed E-state index contributed by atoms with van der Waals surface area (Å²) in [5.41, 5.74) is 5.00. The molecule has 70 valence electrons. The molecular weight excluding hydrogens is 182 g/mol. The standard InChI is InChI=1S/C3H3N3O.C2H2O4/c4-2-1-5-3(7)6-2;3-1(4)2(5)6/h1H,(H2,4,6,7);(H,3,4)(H,5,6). The zero-order valence-electron chi connectivity index (χ0n) is 6.17. The highest BCUT2D eigenvalue weighted by atomic mass is 16.4. The molecule has 0 spiro atoms. The molecule has 0 aliphatic carbocycles. The maximum absolute atomic E-state index is 9.99. The van der Waals surface area contributed by atoms with Crippen LogP contribution in [-0.2, 0) is 9.59 Å². The van der Waals surface area contributed by atoms with Crippen molar-refractivity contribution in [3.63, 3.8) is 0 Å². The van der Waals surface area contributed by atoms with Crippen molar-refractivity contribution in [3.8, 4) is 0 Å². The Hall–Kier alpha value is -2.25. The summed E-state index contributed by atoms with van der Waals surface area (Å²) < 4.78 is 0. The molecule has 1 aliphatic rings. The van der Waals surface area contributed by atoms with Crippen LogP contribution in [0.25, 0.3) is 0 Å². The van der Waals surface area contributed by atoms with Gasteiger partial charge in [0.1, 0.15) is 5.84 Å². The van der Waals surface area contributed by atoms with Crippen LogP contribution in [0.5, 0.6) is 0 Å². The average molecular weight is 187 g/mol. The maximum Gasteiger partial charge on any atom is 0.414 e. The fraction of sp³-hybridized carbons (Fsp3) is 0. The molecule has 0 aromatic carbocycles. The first-order valence-electron chi connectivity index (χ1n) is 2.82. The minimum absolute atomic E-state index is 0.185. The lowest BCUT2D eigenvalue weighted by atomic mass is 10.7. The van der Waals surface area contributed by atoms with E-state index in [1.165, 1.54) is 6.21 Å². The third kappa shape index (κ3) is 5.07. The van der Waals surface area contributed by atoms with Crippen molar-refractivity contribution >= 4 is 30.0 Å². The number of aliphatic carboxylic acids is 2. The summed E-state index contributed by atoms with van der Waals surface area (Å²) in [6.45, 7) is 0. The number of carboxylic acid groups (broad SMARTS) is 2. The molecule has 0 saturated carbocycles. The first kappa shape index (κ1) is 10.8. The quantitative estimate of drug-likeness (QED) is 0.402. The molecule has 1 rings (SSSR count). The smallest absolute Gasteiger partial charge is 0.414 e. The maximum atomic E-state index is 9.99. The number of hydrogen-bond donors (Lipinski definition) is 3. The zero-order valence-corrected chi connectivity index (χ0v) is 6.17. The monoisotopic (exact) mass is 187 g/mol. The molecule has 0 radical (unpaired) electrons. The van der Waals surface area contributed by atoms with Crippen molar-refractivity contribution in [2.75, 3.05) is 0 Å². The molecule has 4 N–H and O–H groups in total. The molecule has 0 unspecified atom stereocenters. The van der Waals surface area contributed by atoms with Gasteiger partial charge in [-0.25, -0.2) is 14.4 Å². The number of amides is 2. The molecule has 0 aromatic heterocycles. The summed E-state index contributed by atoms with van der Waals surface area (Å²) in [6.07, 6.45) is 1.22. The Morgan fingerprint density at radius 2 is 1.77 bits per heavy atom. The van der Waals surface area contributed by atoms with Crippen LogP contribution < -0.4 is 5.73 Å². The number of amidine groups is 1. The molecule has 0 atom stereocenters. The number of aliphatic imine (C=N–C) groups is 2. The molecule has 1 heterocycles. The van der Waals surface area contributed by atoms with E-state index in [1.807, 2.05) is 0 Å². The van der Waals surface area contributed by atoms with E-state index in [4.69, 9.17) is 25.5 Å². The Balaban J connectivity index is 0.000000226. The molecule has 8 nitrogen and oxygen atoms in total. The van der Waals surface area contributed by atoms with E-state index < -0.39 is 18.0 Å². The van der Waals surface area contributed by atoms with E-state index in [-0.39, 0.29) is 5.84 Å². The Labute approximate surface area is 71.4 Å². The van der Waals surface area contributed by atoms with Gasteiger partial charge in [-0.05, 0) is 0 Å². The van der Waals surface area contributed by atoms with Crippen molar-refractivity contribution < 1.29 is 24.6 Å². The number of rotatable bonds is 0. The molecule has 13 heavy (non-hydrogen) atoms. The molecule has 8 heteroatoms. The van der Waals surface area contributed by atoms with Crippen LogP contribution in [0.15, 0.2) is 9.98 Å². The predicted molar refractivity (Wildman–Crippen MR) is 40.8 cm³/mol. The second-order valence-corrected chi connectivity index (χ2v) is 1.69. The Morgan fingerprint density at radius 1 is 1.31 bits per heavy atom. The van der Waals surface area contributed by atoms with E-state index in [9.17, 15) is 4.79 Å². The van der Waals surface area contributed by atoms with Gasteiger partial charge in [-0.1, -0.05) is 0 Å². The summed E-state index contributed by atoms with van der Waals surface area (Å²) in [6, 6.07) is -0.516. The van der Waals surface area contributed by atoms with Gasteiger partial charge in [0.2, 0.25) is 0 Å². The van der Waals surface area contributed by atoms with E-state index in [2.05, 4.69) is 9.98 Å². The third-order valence-electron chi connectivity index (χ3n) is 0.715. The van der Waals surface area contributed by atoms with Crippen LogP contribution in [0.1, 0.15) is 0 Å². The van der Waals surface area contributed by atoms with Crippen LogP contribution >= 0.6 is 0 Å². The molecule has 0 saturated heterocycles. The zero-order chi connectivity index (χ0) is 10.4. The fourth-order valence-corrected chi connectivity index (χ4v) is 0.290. The van der Waals surface area contributed by atoms with E-state index in [1.54, 1.807) is 0 Å². The highest BCUT2D eigenvalue weighted by Crippen LogP contribution is 1.85. The van der Waals surface area contributed by atoms with Gasteiger partial charge in [0, 0.05) is 0 Å². The van der Waals surface area contributed by atoms with Crippen molar-refractivity contribution in [3.05, 3.63) is 0 Å². The fourth-order valence-electron chi connectivity index (χ4n) is 0.290. The lowest BCUT2D eigenvalue weighted by molar-refractivity contribution is -0.159. The average Bonchev–Trinajstić information content (AvgIpc) is 2.35. The number of carboxylic acids is 2. The minimum Gasteiger partial charge on any atom is -0.473 e. The Bertz CT molecular complexity index is 293. The molecule has 0 aromatic rings. The molecular formula is C5H5N3O5. The van der Waals surface area contributed by atoms with Gasteiger partial charge in [-0.3, -0.25) is 0 Å². The second kappa shape index (κ2) is 4.59. The van der Waals surface area contributed by atoms with Gasteiger partial charge in [-0.15, -0.1) is 0 Å². The van der Waals surface area contributed by atoms with Gasteiger partial charge in [0.15, 0.2) is 0 Å². The number of nitrogens with two attached hydrogens (primary N) is 1. The van der Waals surface area contributed by atoms with E-state index in [0.29, 0.717) is 0 Å². The third-order valence-corrected chi connectivity index (χ3v) is 0.715. The van der Waals surface area contributed by atoms with Crippen molar-refractivity contribution in [1.29, 1.82) is 0 Å². The first-order chi connectivity index (χ1) is 5.93. The van der Waals surface area contributed by atoms with Crippen LogP contribution in [-0.4, -0.2) is 40.2 Å². The van der Waals surface area contributed by atoms with Crippen LogP contribution in [0.2, 0.25) is 0 Å².